The second kappa shape index (κ2) is 9.12. The number of benzene rings is 3. The van der Waals surface area contributed by atoms with Crippen LogP contribution in [0.2, 0.25) is 0 Å². The highest BCUT2D eigenvalue weighted by atomic mass is 16.5. The average Bonchev–Trinajstić information content (AvgIpc) is 2.93. The highest BCUT2D eigenvalue weighted by Crippen LogP contribution is 2.36. The van der Waals surface area contributed by atoms with E-state index in [9.17, 15) is 4.79 Å². The summed E-state index contributed by atoms with van der Waals surface area (Å²) in [6, 6.07) is 27.3. The minimum atomic E-state index is -0.404. The van der Waals surface area contributed by atoms with Crippen molar-refractivity contribution >= 4 is 17.0 Å². The predicted octanol–water partition coefficient (Wildman–Crippen LogP) is 4.82. The molecule has 5 aromatic rings. The third-order valence-corrected chi connectivity index (χ3v) is 6.00. The van der Waals surface area contributed by atoms with Gasteiger partial charge in [0.1, 0.15) is 11.3 Å². The predicted molar refractivity (Wildman–Crippen MR) is 135 cm³/mol. The van der Waals surface area contributed by atoms with E-state index in [2.05, 4.69) is 4.98 Å². The molecule has 1 aliphatic heterocycles. The topological polar surface area (TPSA) is 81.4 Å². The summed E-state index contributed by atoms with van der Waals surface area (Å²) >= 11 is 0. The van der Waals surface area contributed by atoms with Crippen LogP contribution in [0, 0.1) is 0 Å². The summed E-state index contributed by atoms with van der Waals surface area (Å²) in [5, 5.41) is 0. The number of aromatic nitrogens is 3. The lowest BCUT2D eigenvalue weighted by Gasteiger charge is -2.26. The van der Waals surface area contributed by atoms with Gasteiger partial charge in [0.05, 0.1) is 29.9 Å². The largest absolute Gasteiger partial charge is 0.424 e. The van der Waals surface area contributed by atoms with Crippen molar-refractivity contribution in [1.82, 2.24) is 15.0 Å². The highest BCUT2D eigenvalue weighted by molar-refractivity contribution is 5.90. The van der Waals surface area contributed by atoms with Gasteiger partial charge in [-0.3, -0.25) is 4.79 Å². The van der Waals surface area contributed by atoms with Gasteiger partial charge in [-0.05, 0) is 12.1 Å². The fraction of sp³-hybridized carbons (Fsp3) is 0.143. The molecule has 2 aromatic heterocycles. The number of para-hydroxylation sites is 2. The van der Waals surface area contributed by atoms with Crippen LogP contribution in [0.1, 0.15) is 0 Å². The van der Waals surface area contributed by atoms with Gasteiger partial charge in [0.25, 0.3) is 5.56 Å². The van der Waals surface area contributed by atoms with Gasteiger partial charge in [0.15, 0.2) is 5.76 Å². The van der Waals surface area contributed by atoms with Crippen molar-refractivity contribution in [2.24, 2.45) is 0 Å². The molecule has 3 heterocycles. The Morgan fingerprint density at radius 1 is 0.657 bits per heavy atom. The smallest absolute Gasteiger partial charge is 0.301 e. The van der Waals surface area contributed by atoms with Crippen LogP contribution in [0.4, 0.5) is 6.01 Å². The Bertz CT molecular complexity index is 1550. The quantitative estimate of drug-likeness (QED) is 0.379. The van der Waals surface area contributed by atoms with Crippen LogP contribution in [0.15, 0.2) is 94.1 Å². The summed E-state index contributed by atoms with van der Waals surface area (Å²) < 4.78 is 11.8. The average molecular weight is 463 g/mol. The molecule has 0 atom stereocenters. The molecular formula is C28H22N4O3. The maximum atomic E-state index is 13.7. The first-order valence-corrected chi connectivity index (χ1v) is 11.5. The van der Waals surface area contributed by atoms with E-state index in [1.165, 1.54) is 0 Å². The van der Waals surface area contributed by atoms with Crippen LogP contribution < -0.4 is 10.5 Å². The van der Waals surface area contributed by atoms with Gasteiger partial charge in [0.2, 0.25) is 0 Å². The van der Waals surface area contributed by atoms with Crippen LogP contribution >= 0.6 is 0 Å². The Morgan fingerprint density at radius 3 is 1.89 bits per heavy atom. The Kier molecular flexibility index (Phi) is 5.52. The second-order valence-corrected chi connectivity index (χ2v) is 8.25. The van der Waals surface area contributed by atoms with Crippen LogP contribution in [0.5, 0.6) is 0 Å². The van der Waals surface area contributed by atoms with Crippen molar-refractivity contribution < 1.29 is 9.15 Å². The highest BCUT2D eigenvalue weighted by Gasteiger charge is 2.25. The molecule has 0 aliphatic carbocycles. The molecule has 1 saturated heterocycles. The molecule has 0 radical (unpaired) electrons. The zero-order valence-corrected chi connectivity index (χ0v) is 18.9. The van der Waals surface area contributed by atoms with Crippen LogP contribution in [-0.4, -0.2) is 41.3 Å². The second-order valence-electron chi connectivity index (χ2n) is 8.25. The van der Waals surface area contributed by atoms with Crippen molar-refractivity contribution in [1.29, 1.82) is 0 Å². The molecule has 0 spiro atoms. The van der Waals surface area contributed by atoms with Crippen LogP contribution in [-0.2, 0) is 4.74 Å². The van der Waals surface area contributed by atoms with Crippen LogP contribution in [0.3, 0.4) is 0 Å². The van der Waals surface area contributed by atoms with E-state index >= 15 is 0 Å². The molecule has 7 heteroatoms. The molecule has 6 rings (SSSR count). The number of fused-ring (bicyclic) bond motifs is 1. The van der Waals surface area contributed by atoms with Gasteiger partial charge in [-0.15, -0.1) is 0 Å². The van der Waals surface area contributed by atoms with E-state index in [1.54, 1.807) is 0 Å². The van der Waals surface area contributed by atoms with Gasteiger partial charge >= 0.3 is 6.01 Å². The first kappa shape index (κ1) is 21.2. The van der Waals surface area contributed by atoms with Gasteiger partial charge in [0, 0.05) is 24.2 Å². The molecule has 0 saturated carbocycles. The minimum Gasteiger partial charge on any atom is -0.424 e. The van der Waals surface area contributed by atoms with E-state index in [0.717, 1.165) is 16.6 Å². The van der Waals surface area contributed by atoms with Crippen molar-refractivity contribution in [2.45, 2.75) is 0 Å². The zero-order valence-electron chi connectivity index (χ0n) is 18.9. The van der Waals surface area contributed by atoms with E-state index in [-0.39, 0.29) is 6.01 Å². The maximum absolute atomic E-state index is 13.7. The summed E-state index contributed by atoms with van der Waals surface area (Å²) in [6.45, 7) is 2.33. The van der Waals surface area contributed by atoms with Crippen molar-refractivity contribution in [3.8, 4) is 33.8 Å². The summed E-state index contributed by atoms with van der Waals surface area (Å²) in [6.07, 6.45) is 0. The Morgan fingerprint density at radius 2 is 1.23 bits per heavy atom. The molecular weight excluding hydrogens is 440 g/mol. The molecule has 0 bridgehead atoms. The number of hydrogen-bond donors (Lipinski definition) is 0. The monoisotopic (exact) mass is 462 g/mol. The summed E-state index contributed by atoms with van der Waals surface area (Å²) in [5.41, 5.74) is 4.01. The number of anilines is 1. The standard InChI is InChI=1S/C28H22N4O3/c33-27-23(25-24(19-9-3-1-4-10-19)29-21-13-7-8-14-22(21)30-25)26(20-11-5-2-6-12-20)35-28(31-27)32-15-17-34-18-16-32/h1-14H,15-18H2. The molecule has 1 fully saturated rings. The lowest BCUT2D eigenvalue weighted by molar-refractivity contribution is 0.120. The first-order valence-electron chi connectivity index (χ1n) is 11.5. The summed E-state index contributed by atoms with van der Waals surface area (Å²) in [7, 11) is 0. The van der Waals surface area contributed by atoms with E-state index < -0.39 is 5.56 Å². The SMILES string of the molecule is O=c1nc(N2CCOCC2)oc(-c2ccccc2)c1-c1nc2ccccc2nc1-c1ccccc1. The van der Waals surface area contributed by atoms with Crippen LogP contribution in [0.25, 0.3) is 44.9 Å². The normalized spacial score (nSPS) is 13.8. The summed E-state index contributed by atoms with van der Waals surface area (Å²) in [5.74, 6) is 0.425. The third-order valence-electron chi connectivity index (χ3n) is 6.00. The molecule has 0 unspecified atom stereocenters. The number of rotatable bonds is 4. The van der Waals surface area contributed by atoms with Crippen molar-refractivity contribution in [3.05, 3.63) is 95.3 Å². The molecule has 7 nitrogen and oxygen atoms in total. The van der Waals surface area contributed by atoms with E-state index in [0.29, 0.717) is 54.5 Å². The summed E-state index contributed by atoms with van der Waals surface area (Å²) in [4.78, 5) is 29.8. The molecule has 35 heavy (non-hydrogen) atoms. The van der Waals surface area contributed by atoms with Gasteiger partial charge in [-0.1, -0.05) is 72.8 Å². The lowest BCUT2D eigenvalue weighted by atomic mass is 10.0. The number of hydrogen-bond acceptors (Lipinski definition) is 7. The van der Waals surface area contributed by atoms with Crippen molar-refractivity contribution in [2.75, 3.05) is 31.2 Å². The zero-order chi connectivity index (χ0) is 23.6. The molecule has 0 N–H and O–H groups in total. The Hall–Kier alpha value is -4.36. The molecule has 1 aliphatic rings. The van der Waals surface area contributed by atoms with Gasteiger partial charge < -0.3 is 14.1 Å². The maximum Gasteiger partial charge on any atom is 0.301 e. The third kappa shape index (κ3) is 4.06. The van der Waals surface area contributed by atoms with Crippen molar-refractivity contribution in [3.63, 3.8) is 0 Å². The molecule has 0 amide bonds. The fourth-order valence-electron chi connectivity index (χ4n) is 4.27. The van der Waals surface area contributed by atoms with E-state index in [1.807, 2.05) is 89.8 Å². The van der Waals surface area contributed by atoms with Gasteiger partial charge in [-0.25, -0.2) is 9.97 Å². The van der Waals surface area contributed by atoms with E-state index in [4.69, 9.17) is 19.1 Å². The Balaban J connectivity index is 1.65. The van der Waals surface area contributed by atoms with Gasteiger partial charge in [-0.2, -0.15) is 4.98 Å². The molecule has 3 aromatic carbocycles. The Labute approximate surface area is 201 Å². The molecule has 172 valence electrons. The first-order chi connectivity index (χ1) is 17.3. The lowest BCUT2D eigenvalue weighted by Crippen LogP contribution is -2.37. The fourth-order valence-corrected chi connectivity index (χ4v) is 4.27. The minimum absolute atomic E-state index is 0.288. The number of morpholine rings is 1. The number of ether oxygens (including phenoxy) is 1. The number of nitrogens with zero attached hydrogens (tertiary/aromatic N) is 4.